The molecule has 0 aliphatic heterocycles. The van der Waals surface area contributed by atoms with E-state index in [2.05, 4.69) is 0 Å². The van der Waals surface area contributed by atoms with Gasteiger partial charge in [-0.3, -0.25) is 4.79 Å². The number of carbonyl (C=O) groups excluding carboxylic acids is 1. The second-order valence-corrected chi connectivity index (χ2v) is 4.41. The minimum atomic E-state index is -0.327. The van der Waals surface area contributed by atoms with Crippen molar-refractivity contribution in [3.8, 4) is 5.75 Å². The molecule has 0 atom stereocenters. The van der Waals surface area contributed by atoms with Crippen LogP contribution in [-0.4, -0.2) is 12.9 Å². The fraction of sp³-hybridized carbons (Fsp3) is 0.188. The second kappa shape index (κ2) is 5.65. The number of hydrogen-bond donors (Lipinski definition) is 0. The lowest BCUT2D eigenvalue weighted by molar-refractivity contribution is 0.0992. The number of ether oxygens (including phenoxy) is 1. The highest BCUT2D eigenvalue weighted by Crippen LogP contribution is 2.20. The van der Waals surface area contributed by atoms with Gasteiger partial charge in [0.15, 0.2) is 5.78 Å². The number of halogens is 1. The lowest BCUT2D eigenvalue weighted by atomic mass is 10.0. The number of hydrogen-bond acceptors (Lipinski definition) is 2. The molecule has 19 heavy (non-hydrogen) atoms. The van der Waals surface area contributed by atoms with Crippen LogP contribution in [0.4, 0.5) is 4.39 Å². The van der Waals surface area contributed by atoms with Crippen molar-refractivity contribution in [3.63, 3.8) is 0 Å². The molecule has 0 fully saturated rings. The second-order valence-electron chi connectivity index (χ2n) is 4.41. The van der Waals surface area contributed by atoms with Gasteiger partial charge in [-0.05, 0) is 36.2 Å². The topological polar surface area (TPSA) is 26.3 Å². The lowest BCUT2D eigenvalue weighted by Crippen LogP contribution is -2.04. The molecule has 0 saturated heterocycles. The van der Waals surface area contributed by atoms with Crippen LogP contribution < -0.4 is 4.74 Å². The Morgan fingerprint density at radius 2 is 2.00 bits per heavy atom. The molecule has 0 aliphatic carbocycles. The van der Waals surface area contributed by atoms with Crippen molar-refractivity contribution in [1.82, 2.24) is 0 Å². The summed E-state index contributed by atoms with van der Waals surface area (Å²) in [5.41, 5.74) is 2.22. The standard InChI is InChI=1S/C16H15FO2/c1-11-6-7-13(10-16(11)19-2)15(18)9-12-4-3-5-14(17)8-12/h3-8,10H,9H2,1-2H3. The summed E-state index contributed by atoms with van der Waals surface area (Å²) in [5, 5.41) is 0. The van der Waals surface area contributed by atoms with E-state index in [-0.39, 0.29) is 18.0 Å². The van der Waals surface area contributed by atoms with Crippen LogP contribution in [0.2, 0.25) is 0 Å². The molecule has 0 heterocycles. The van der Waals surface area contributed by atoms with E-state index >= 15 is 0 Å². The fourth-order valence-corrected chi connectivity index (χ4v) is 1.93. The molecule has 3 heteroatoms. The summed E-state index contributed by atoms with van der Waals surface area (Å²) < 4.78 is 18.3. The lowest BCUT2D eigenvalue weighted by Gasteiger charge is -2.07. The Balaban J connectivity index is 2.20. The average Bonchev–Trinajstić information content (AvgIpc) is 2.39. The quantitative estimate of drug-likeness (QED) is 0.784. The first kappa shape index (κ1) is 13.3. The van der Waals surface area contributed by atoms with Gasteiger partial charge < -0.3 is 4.74 Å². The Bertz CT molecular complexity index is 605. The van der Waals surface area contributed by atoms with Crippen LogP contribution in [0.1, 0.15) is 21.5 Å². The minimum absolute atomic E-state index is 0.0519. The Hall–Kier alpha value is -2.16. The predicted molar refractivity (Wildman–Crippen MR) is 72.2 cm³/mol. The maximum absolute atomic E-state index is 13.1. The average molecular weight is 258 g/mol. The van der Waals surface area contributed by atoms with Gasteiger partial charge in [0.05, 0.1) is 7.11 Å². The molecule has 0 radical (unpaired) electrons. The number of carbonyl (C=O) groups is 1. The number of ketones is 1. The Morgan fingerprint density at radius 1 is 1.21 bits per heavy atom. The van der Waals surface area contributed by atoms with Crippen molar-refractivity contribution < 1.29 is 13.9 Å². The largest absolute Gasteiger partial charge is 0.496 e. The van der Waals surface area contributed by atoms with Gasteiger partial charge in [0.25, 0.3) is 0 Å². The Labute approximate surface area is 111 Å². The van der Waals surface area contributed by atoms with Crippen molar-refractivity contribution in [1.29, 1.82) is 0 Å². The third-order valence-electron chi connectivity index (χ3n) is 2.98. The molecule has 0 unspecified atom stereocenters. The molecule has 0 saturated carbocycles. The molecule has 2 aromatic rings. The zero-order valence-corrected chi connectivity index (χ0v) is 10.9. The van der Waals surface area contributed by atoms with Crippen LogP contribution >= 0.6 is 0 Å². The van der Waals surface area contributed by atoms with Crippen molar-refractivity contribution in [2.75, 3.05) is 7.11 Å². The van der Waals surface area contributed by atoms with Gasteiger partial charge >= 0.3 is 0 Å². The van der Waals surface area contributed by atoms with Crippen molar-refractivity contribution in [2.24, 2.45) is 0 Å². The first-order valence-corrected chi connectivity index (χ1v) is 6.02. The number of Topliss-reactive ketones (excluding diaryl/α,β-unsaturated/α-hetero) is 1. The Morgan fingerprint density at radius 3 is 2.68 bits per heavy atom. The molecule has 0 aliphatic rings. The van der Waals surface area contributed by atoms with Crippen molar-refractivity contribution in [3.05, 3.63) is 65.0 Å². The zero-order valence-electron chi connectivity index (χ0n) is 10.9. The highest BCUT2D eigenvalue weighted by Gasteiger charge is 2.10. The SMILES string of the molecule is COc1cc(C(=O)Cc2cccc(F)c2)ccc1C. The van der Waals surface area contributed by atoms with E-state index in [4.69, 9.17) is 4.74 Å². The Kier molecular flexibility index (Phi) is 3.95. The molecular weight excluding hydrogens is 243 g/mol. The molecule has 2 aromatic carbocycles. The first-order chi connectivity index (χ1) is 9.10. The van der Waals surface area contributed by atoms with Gasteiger partial charge in [0, 0.05) is 12.0 Å². The molecule has 0 bridgehead atoms. The van der Waals surface area contributed by atoms with Gasteiger partial charge in [0.2, 0.25) is 0 Å². The van der Waals surface area contributed by atoms with Crippen LogP contribution in [0.15, 0.2) is 42.5 Å². The van der Waals surface area contributed by atoms with E-state index in [1.165, 1.54) is 12.1 Å². The number of methoxy groups -OCH3 is 1. The van der Waals surface area contributed by atoms with E-state index in [0.29, 0.717) is 16.9 Å². The van der Waals surface area contributed by atoms with Gasteiger partial charge in [-0.15, -0.1) is 0 Å². The minimum Gasteiger partial charge on any atom is -0.496 e. The van der Waals surface area contributed by atoms with Crippen molar-refractivity contribution >= 4 is 5.78 Å². The third kappa shape index (κ3) is 3.19. The number of rotatable bonds is 4. The molecule has 2 rings (SSSR count). The summed E-state index contributed by atoms with van der Waals surface area (Å²) in [7, 11) is 1.57. The van der Waals surface area contributed by atoms with Crippen molar-refractivity contribution in [2.45, 2.75) is 13.3 Å². The van der Waals surface area contributed by atoms with Crippen LogP contribution in [0, 0.1) is 12.7 Å². The fourth-order valence-electron chi connectivity index (χ4n) is 1.93. The first-order valence-electron chi connectivity index (χ1n) is 6.02. The highest BCUT2D eigenvalue weighted by atomic mass is 19.1. The maximum atomic E-state index is 13.1. The van der Waals surface area contributed by atoms with E-state index in [1.807, 2.05) is 13.0 Å². The number of aryl methyl sites for hydroxylation is 1. The van der Waals surface area contributed by atoms with E-state index in [9.17, 15) is 9.18 Å². The summed E-state index contributed by atoms with van der Waals surface area (Å²) in [4.78, 5) is 12.1. The molecule has 0 spiro atoms. The van der Waals surface area contributed by atoms with Gasteiger partial charge in [-0.25, -0.2) is 4.39 Å². The highest BCUT2D eigenvalue weighted by molar-refractivity contribution is 5.97. The molecular formula is C16H15FO2. The van der Waals surface area contributed by atoms with Gasteiger partial charge in [-0.2, -0.15) is 0 Å². The molecule has 98 valence electrons. The molecule has 0 aromatic heterocycles. The van der Waals surface area contributed by atoms with Crippen LogP contribution in [0.5, 0.6) is 5.75 Å². The molecule has 2 nitrogen and oxygen atoms in total. The van der Waals surface area contributed by atoms with Gasteiger partial charge in [-0.1, -0.05) is 24.3 Å². The van der Waals surface area contributed by atoms with E-state index in [0.717, 1.165) is 5.56 Å². The summed E-state index contributed by atoms with van der Waals surface area (Å²) >= 11 is 0. The summed E-state index contributed by atoms with van der Waals surface area (Å²) in [6.45, 7) is 1.92. The van der Waals surface area contributed by atoms with Gasteiger partial charge in [0.1, 0.15) is 11.6 Å². The van der Waals surface area contributed by atoms with Crippen LogP contribution in [0.3, 0.4) is 0 Å². The monoisotopic (exact) mass is 258 g/mol. The normalized spacial score (nSPS) is 10.3. The van der Waals surface area contributed by atoms with Crippen LogP contribution in [-0.2, 0) is 6.42 Å². The number of benzene rings is 2. The summed E-state index contributed by atoms with van der Waals surface area (Å²) in [6, 6.07) is 11.4. The maximum Gasteiger partial charge on any atom is 0.167 e. The predicted octanol–water partition coefficient (Wildman–Crippen LogP) is 3.57. The van der Waals surface area contributed by atoms with E-state index < -0.39 is 0 Å². The summed E-state index contributed by atoms with van der Waals surface area (Å²) in [6.07, 6.45) is 0.184. The zero-order chi connectivity index (χ0) is 13.8. The van der Waals surface area contributed by atoms with Crippen LogP contribution in [0.25, 0.3) is 0 Å². The molecule has 0 amide bonds. The summed E-state index contributed by atoms with van der Waals surface area (Å²) in [5.74, 6) is 0.306. The third-order valence-corrected chi connectivity index (χ3v) is 2.98. The van der Waals surface area contributed by atoms with E-state index in [1.54, 1.807) is 31.4 Å². The smallest absolute Gasteiger partial charge is 0.167 e. The molecule has 0 N–H and O–H groups in total.